The number of ether oxygens (including phenoxy) is 3. The maximum absolute atomic E-state index is 14.1. The molecule has 11 aromatic rings. The van der Waals surface area contributed by atoms with Gasteiger partial charge in [0.1, 0.15) is 28.0 Å². The number of nitrogens with zero attached hydrogens (tertiary/aromatic N) is 12. The number of benzene rings is 7. The molecule has 0 radical (unpaired) electrons. The van der Waals surface area contributed by atoms with E-state index in [1.54, 1.807) is 98.6 Å². The Bertz CT molecular complexity index is 6130. The summed E-state index contributed by atoms with van der Waals surface area (Å²) in [5.74, 6) is 0.439. The molecule has 23 nitrogen and oxygen atoms in total. The fraction of sp³-hybridized carbons (Fsp3) is 0.286. The standard InChI is InChI=1S/C26H25FN4O4S.2C26H26N4OS.C20H20N4OS/c1-26(21-11-17(13-36-21)15-6-14(12-28)7-18(27)8-15)22(24(32)31(2)25(29)30-26)16-9-19(33-3)23(35-5)20(10-16)34-4;2*1-16(2)18-8-10-19(11-9-18)23-24(31)30(4)25(28)29-26(23,3)22-13-21(15-32-22)20-7-5-6-17(12-20)14-27;1-20(17(13-6-7-13)18(25)24(2)19(22)23-20)16-9-15(11-26-16)14-5-3-4-12(8-14)10-21/h6-11,13,22H,1-5H3,(H2,29,30);2*5-13,15-16,23H,1-4H3,(H2,28,29);3-5,8-9,11,13,17H,6-7H2,1-2H3,(H2,22,23)/t22?,26-;23-,26+;23-,26-;17-,20-/m1011/s1. The van der Waals surface area contributed by atoms with Gasteiger partial charge in [-0.2, -0.15) is 21.0 Å². The van der Waals surface area contributed by atoms with E-state index in [-0.39, 0.29) is 58.9 Å². The van der Waals surface area contributed by atoms with Crippen LogP contribution >= 0.6 is 45.3 Å². The van der Waals surface area contributed by atoms with Crippen molar-refractivity contribution in [2.24, 2.45) is 54.7 Å². The number of guanidine groups is 4. The molecule has 0 saturated heterocycles. The topological polar surface area (TPSA) is 358 Å². The average Bonchev–Trinajstić information content (AvgIpc) is 1.05. The first-order valence-corrected chi connectivity index (χ1v) is 44.2. The van der Waals surface area contributed by atoms with Crippen molar-refractivity contribution in [3.8, 4) is 86.0 Å². The molecule has 0 spiro atoms. The summed E-state index contributed by atoms with van der Waals surface area (Å²) in [5.41, 5.74) is 35.3. The van der Waals surface area contributed by atoms with Crippen molar-refractivity contribution in [2.45, 2.75) is 120 Å². The summed E-state index contributed by atoms with van der Waals surface area (Å²) >= 11 is 6.09. The second-order valence-corrected chi connectivity index (χ2v) is 36.6. The van der Waals surface area contributed by atoms with Crippen LogP contribution in [-0.2, 0) is 41.3 Å². The molecule has 0 bridgehead atoms. The highest BCUT2D eigenvalue weighted by atomic mass is 32.1. The van der Waals surface area contributed by atoms with Gasteiger partial charge in [-0.3, -0.25) is 38.8 Å². The van der Waals surface area contributed by atoms with E-state index in [9.17, 15) is 39.4 Å². The lowest BCUT2D eigenvalue weighted by Gasteiger charge is -2.40. The molecule has 1 fully saturated rings. The van der Waals surface area contributed by atoms with E-state index in [0.29, 0.717) is 68.4 Å². The normalized spacial score (nSPS) is 21.5. The van der Waals surface area contributed by atoms with Gasteiger partial charge in [-0.25, -0.2) is 24.4 Å². The van der Waals surface area contributed by atoms with Crippen LogP contribution in [0.5, 0.6) is 17.2 Å². The van der Waals surface area contributed by atoms with Gasteiger partial charge in [0.15, 0.2) is 35.3 Å². The Labute approximate surface area is 749 Å². The van der Waals surface area contributed by atoms with Gasteiger partial charge in [0.25, 0.3) is 0 Å². The van der Waals surface area contributed by atoms with E-state index >= 15 is 0 Å². The monoisotopic (exact) mass is 1760 g/mol. The van der Waals surface area contributed by atoms with E-state index in [0.717, 1.165) is 76.9 Å². The number of likely N-dealkylation sites (N-methyl/N-ethyl adjacent to an activating group) is 3. The zero-order valence-corrected chi connectivity index (χ0v) is 75.8. The van der Waals surface area contributed by atoms with E-state index in [4.69, 9.17) is 62.4 Å². The Morgan fingerprint density at radius 1 is 0.389 bits per heavy atom. The van der Waals surface area contributed by atoms with Gasteiger partial charge in [-0.1, -0.05) is 113 Å². The molecular formula is C98H97FN16O7S4. The van der Waals surface area contributed by atoms with Gasteiger partial charge in [-0.15, -0.1) is 45.3 Å². The fourth-order valence-corrected chi connectivity index (χ4v) is 20.8. The molecule has 7 aromatic carbocycles. The minimum Gasteiger partial charge on any atom is -0.493 e. The second-order valence-electron chi connectivity index (χ2n) is 33.0. The molecule has 4 aromatic heterocycles. The highest BCUT2D eigenvalue weighted by Crippen LogP contribution is 2.55. The van der Waals surface area contributed by atoms with E-state index in [1.807, 2.05) is 135 Å². The summed E-state index contributed by atoms with van der Waals surface area (Å²) in [5, 5.41) is 44.8. The van der Waals surface area contributed by atoms with Crippen molar-refractivity contribution in [3.63, 3.8) is 0 Å². The van der Waals surface area contributed by atoms with Crippen LogP contribution in [0.4, 0.5) is 4.39 Å². The van der Waals surface area contributed by atoms with Crippen molar-refractivity contribution in [2.75, 3.05) is 49.5 Å². The molecule has 16 rings (SSSR count). The zero-order valence-electron chi connectivity index (χ0n) is 72.6. The number of carbonyl (C=O) groups excluding carboxylic acids is 4. The molecule has 5 aliphatic rings. The molecule has 28 heteroatoms. The van der Waals surface area contributed by atoms with Crippen LogP contribution in [0.2, 0.25) is 0 Å². The molecule has 4 aliphatic heterocycles. The minimum atomic E-state index is -1.09. The molecular weight excluding hydrogens is 1660 g/mol. The number of methoxy groups -OCH3 is 3. The Hall–Kier alpha value is -13.6. The summed E-state index contributed by atoms with van der Waals surface area (Å²) in [4.78, 5) is 82.0. The van der Waals surface area contributed by atoms with E-state index in [2.05, 4.69) is 93.7 Å². The number of aliphatic imine (C=N–C) groups is 4. The predicted octanol–water partition coefficient (Wildman–Crippen LogP) is 17.9. The highest BCUT2D eigenvalue weighted by molar-refractivity contribution is 7.11. The number of rotatable bonds is 17. The number of hydrogen-bond acceptors (Lipinski definition) is 23. The van der Waals surface area contributed by atoms with Gasteiger partial charge in [0.2, 0.25) is 29.4 Å². The van der Waals surface area contributed by atoms with Crippen LogP contribution in [0, 0.1) is 63.0 Å². The average molecular weight is 1760 g/mol. The van der Waals surface area contributed by atoms with Crippen molar-refractivity contribution < 1.29 is 37.8 Å². The van der Waals surface area contributed by atoms with Gasteiger partial charge in [0, 0.05) is 47.7 Å². The number of carbonyl (C=O) groups is 4. The van der Waals surface area contributed by atoms with Crippen LogP contribution in [0.15, 0.2) is 217 Å². The van der Waals surface area contributed by atoms with E-state index in [1.165, 1.54) is 75.5 Å². The maximum Gasteiger partial charge on any atom is 0.239 e. The third kappa shape index (κ3) is 17.7. The first-order chi connectivity index (χ1) is 60.1. The van der Waals surface area contributed by atoms with Crippen LogP contribution < -0.4 is 37.1 Å². The molecule has 1 unspecified atom stereocenters. The van der Waals surface area contributed by atoms with Crippen molar-refractivity contribution in [1.82, 2.24) is 19.6 Å². The number of amides is 4. The largest absolute Gasteiger partial charge is 0.493 e. The first kappa shape index (κ1) is 90.1. The predicted molar refractivity (Wildman–Crippen MR) is 496 cm³/mol. The second kappa shape index (κ2) is 36.7. The highest BCUT2D eigenvalue weighted by Gasteiger charge is 2.55. The molecule has 642 valence electrons. The third-order valence-corrected chi connectivity index (χ3v) is 28.7. The third-order valence-electron chi connectivity index (χ3n) is 24.1. The van der Waals surface area contributed by atoms with E-state index < -0.39 is 45.7 Å². The molecule has 1 aliphatic carbocycles. The number of thiophene rings is 4. The Morgan fingerprint density at radius 2 is 0.698 bits per heavy atom. The van der Waals surface area contributed by atoms with Crippen molar-refractivity contribution in [3.05, 3.63) is 273 Å². The van der Waals surface area contributed by atoms with Gasteiger partial charge >= 0.3 is 0 Å². The lowest BCUT2D eigenvalue weighted by molar-refractivity contribution is -0.135. The number of hydrogen-bond donors (Lipinski definition) is 4. The summed E-state index contributed by atoms with van der Waals surface area (Å²) in [7, 11) is 11.1. The minimum absolute atomic E-state index is 0.0592. The SMILES string of the molecule is CC(C)c1ccc([C@@H]2C(=O)N(C)C(N)=N[C@]2(C)c2cc(-c3cccc(C#N)c3)cs2)cc1.CC(C)c1ccc([C@H]2C(=O)N(C)C(N)=N[C@]2(C)c2cc(-c3cccc(C#N)c3)cs2)cc1.CN1C(=O)[C@@H](C2CC2)[C@@](C)(c2cc(-c3cccc(C#N)c3)cs2)N=C1N.COc1cc(C2C(=O)N(C)C(N)=N[C@]2(C)c2cc(-c3cc(F)cc(C#N)c3)cs2)cc(OC)c1OC. The Morgan fingerprint density at radius 3 is 1.02 bits per heavy atom. The van der Waals surface area contributed by atoms with Gasteiger partial charge < -0.3 is 37.1 Å². The molecule has 1 saturated carbocycles. The molecule has 8 N–H and O–H groups in total. The summed E-state index contributed by atoms with van der Waals surface area (Å²) < 4.78 is 30.6. The fourth-order valence-electron chi connectivity index (χ4n) is 16.6. The molecule has 4 amide bonds. The van der Waals surface area contributed by atoms with Crippen LogP contribution in [0.3, 0.4) is 0 Å². The maximum atomic E-state index is 14.1. The summed E-state index contributed by atoms with van der Waals surface area (Å²) in [6.45, 7) is 16.4. The van der Waals surface area contributed by atoms with Crippen LogP contribution in [-0.4, -0.2) is 117 Å². The molecule has 8 atom stereocenters. The lowest BCUT2D eigenvalue weighted by Crippen LogP contribution is -2.54. The van der Waals surface area contributed by atoms with Gasteiger partial charge in [-0.05, 0) is 243 Å². The number of halogens is 1. The Balaban J connectivity index is 0.000000145. The van der Waals surface area contributed by atoms with Crippen molar-refractivity contribution in [1.29, 1.82) is 21.0 Å². The summed E-state index contributed by atoms with van der Waals surface area (Å²) in [6, 6.07) is 63.3. The number of nitriles is 4. The quantitative estimate of drug-likeness (QED) is 0.0658. The van der Waals surface area contributed by atoms with Crippen LogP contribution in [0.1, 0.15) is 167 Å². The lowest BCUT2D eigenvalue weighted by atomic mass is 9.77. The summed E-state index contributed by atoms with van der Waals surface area (Å²) in [6.07, 6.45) is 2.13. The smallest absolute Gasteiger partial charge is 0.239 e. The van der Waals surface area contributed by atoms with Crippen LogP contribution in [0.25, 0.3) is 44.5 Å². The van der Waals surface area contributed by atoms with Gasteiger partial charge in [0.05, 0.1) is 91.5 Å². The molecule has 8 heterocycles. The van der Waals surface area contributed by atoms with Crippen molar-refractivity contribution >= 4 is 92.8 Å². The Kier molecular flexibility index (Phi) is 26.2. The first-order valence-electron chi connectivity index (χ1n) is 40.7. The zero-order chi connectivity index (χ0) is 90.8. The molecule has 126 heavy (non-hydrogen) atoms. The number of nitrogens with two attached hydrogens (primary N) is 4.